The van der Waals surface area contributed by atoms with Crippen LogP contribution < -0.4 is 4.90 Å². The zero-order chi connectivity index (χ0) is 17.6. The van der Waals surface area contributed by atoms with E-state index in [1.54, 1.807) is 0 Å². The molecule has 3 heteroatoms. The molecule has 3 nitrogen and oxygen atoms in total. The topological polar surface area (TPSA) is 23.6 Å². The van der Waals surface area contributed by atoms with Crippen LogP contribution in [0.2, 0.25) is 0 Å². The van der Waals surface area contributed by atoms with E-state index in [0.29, 0.717) is 12.5 Å². The van der Waals surface area contributed by atoms with Crippen molar-refractivity contribution in [2.45, 2.75) is 39.2 Å². The van der Waals surface area contributed by atoms with Gasteiger partial charge in [0.1, 0.15) is 0 Å². The minimum atomic E-state index is 0.277. The summed E-state index contributed by atoms with van der Waals surface area (Å²) in [5.41, 5.74) is 3.85. The van der Waals surface area contributed by atoms with Crippen LogP contribution in [-0.4, -0.2) is 36.5 Å². The number of amides is 1. The largest absolute Gasteiger partial charge is 0.365 e. The van der Waals surface area contributed by atoms with Gasteiger partial charge in [-0.25, -0.2) is 0 Å². The third kappa shape index (κ3) is 4.41. The van der Waals surface area contributed by atoms with Crippen molar-refractivity contribution in [2.24, 2.45) is 0 Å². The maximum Gasteiger partial charge on any atom is 0.223 e. The molecule has 0 N–H and O–H groups in total. The molecule has 0 bridgehead atoms. The minimum Gasteiger partial charge on any atom is -0.365 e. The van der Waals surface area contributed by atoms with Gasteiger partial charge in [0.15, 0.2) is 0 Å². The summed E-state index contributed by atoms with van der Waals surface area (Å²) in [5.74, 6) is 0.277. The molecular formula is C22H28N2O. The first-order valence-electron chi connectivity index (χ1n) is 9.34. The van der Waals surface area contributed by atoms with Crippen LogP contribution in [0.15, 0.2) is 54.6 Å². The van der Waals surface area contributed by atoms with E-state index in [-0.39, 0.29) is 5.91 Å². The Balaban J connectivity index is 1.52. The summed E-state index contributed by atoms with van der Waals surface area (Å²) in [5, 5.41) is 0. The molecular weight excluding hydrogens is 308 g/mol. The predicted octanol–water partition coefficient (Wildman–Crippen LogP) is 3.92. The second kappa shape index (κ2) is 8.19. The zero-order valence-electron chi connectivity index (χ0n) is 15.3. The van der Waals surface area contributed by atoms with Crippen molar-refractivity contribution in [1.82, 2.24) is 4.90 Å². The van der Waals surface area contributed by atoms with Crippen LogP contribution in [0.1, 0.15) is 31.4 Å². The molecule has 3 rings (SSSR count). The lowest BCUT2D eigenvalue weighted by atomic mass is 10.1. The number of piperazine rings is 1. The van der Waals surface area contributed by atoms with E-state index in [4.69, 9.17) is 0 Å². The van der Waals surface area contributed by atoms with Gasteiger partial charge in [-0.3, -0.25) is 4.79 Å². The number of carbonyl (C=O) groups is 1. The molecule has 1 fully saturated rings. The Labute approximate surface area is 151 Å². The van der Waals surface area contributed by atoms with Gasteiger partial charge >= 0.3 is 0 Å². The zero-order valence-corrected chi connectivity index (χ0v) is 15.3. The Morgan fingerprint density at radius 2 is 1.68 bits per heavy atom. The lowest BCUT2D eigenvalue weighted by Crippen LogP contribution is -2.53. The number of anilines is 1. The molecule has 132 valence electrons. The number of aryl methyl sites for hydroxylation is 2. The number of rotatable bonds is 5. The Hall–Kier alpha value is -2.29. The number of carbonyl (C=O) groups excluding carboxylic acids is 1. The van der Waals surface area contributed by atoms with Crippen LogP contribution in [0.4, 0.5) is 5.69 Å². The monoisotopic (exact) mass is 336 g/mol. The molecule has 25 heavy (non-hydrogen) atoms. The molecule has 0 radical (unpaired) electrons. The summed E-state index contributed by atoms with van der Waals surface area (Å²) in [6, 6.07) is 19.5. The highest BCUT2D eigenvalue weighted by atomic mass is 16.2. The van der Waals surface area contributed by atoms with Crippen LogP contribution in [0.3, 0.4) is 0 Å². The average Bonchev–Trinajstić information content (AvgIpc) is 2.67. The summed E-state index contributed by atoms with van der Waals surface area (Å²) in [6.07, 6.45) is 2.49. The second-order valence-electron chi connectivity index (χ2n) is 6.89. The molecule has 1 saturated heterocycles. The lowest BCUT2D eigenvalue weighted by Gasteiger charge is -2.41. The Morgan fingerprint density at radius 3 is 2.32 bits per heavy atom. The van der Waals surface area contributed by atoms with E-state index in [1.807, 2.05) is 11.0 Å². The van der Waals surface area contributed by atoms with Crippen molar-refractivity contribution >= 4 is 11.6 Å². The van der Waals surface area contributed by atoms with Gasteiger partial charge < -0.3 is 9.80 Å². The van der Waals surface area contributed by atoms with E-state index >= 15 is 0 Å². The van der Waals surface area contributed by atoms with E-state index in [0.717, 1.165) is 32.5 Å². The normalized spacial score (nSPS) is 17.6. The smallest absolute Gasteiger partial charge is 0.223 e. The van der Waals surface area contributed by atoms with Gasteiger partial charge in [-0.05, 0) is 43.0 Å². The number of hydrogen-bond acceptors (Lipinski definition) is 2. The van der Waals surface area contributed by atoms with E-state index < -0.39 is 0 Å². The quantitative estimate of drug-likeness (QED) is 0.826. The van der Waals surface area contributed by atoms with Crippen molar-refractivity contribution in [3.05, 3.63) is 65.7 Å². The summed E-state index contributed by atoms with van der Waals surface area (Å²) in [7, 11) is 0. The fraction of sp³-hybridized carbons (Fsp3) is 0.409. The van der Waals surface area contributed by atoms with E-state index in [2.05, 4.69) is 67.3 Å². The molecule has 1 aliphatic heterocycles. The van der Waals surface area contributed by atoms with Gasteiger partial charge in [0.05, 0.1) is 0 Å². The number of hydrogen-bond donors (Lipinski definition) is 0. The summed E-state index contributed by atoms with van der Waals surface area (Å²) in [6.45, 7) is 6.89. The highest BCUT2D eigenvalue weighted by molar-refractivity contribution is 5.77. The molecule has 1 atom stereocenters. The molecule has 0 aliphatic carbocycles. The first kappa shape index (κ1) is 17.5. The molecule has 1 amide bonds. The van der Waals surface area contributed by atoms with E-state index in [1.165, 1.54) is 16.8 Å². The average molecular weight is 336 g/mol. The molecule has 1 aliphatic rings. The third-order valence-corrected chi connectivity index (χ3v) is 5.13. The number of para-hydroxylation sites is 1. The molecule has 0 aromatic heterocycles. The van der Waals surface area contributed by atoms with Crippen molar-refractivity contribution in [1.29, 1.82) is 0 Å². The summed E-state index contributed by atoms with van der Waals surface area (Å²) >= 11 is 0. The van der Waals surface area contributed by atoms with Crippen molar-refractivity contribution in [2.75, 3.05) is 24.5 Å². The van der Waals surface area contributed by atoms with Gasteiger partial charge in [0.2, 0.25) is 5.91 Å². The molecule has 0 saturated carbocycles. The third-order valence-electron chi connectivity index (χ3n) is 5.13. The van der Waals surface area contributed by atoms with Gasteiger partial charge in [-0.1, -0.05) is 49.4 Å². The predicted molar refractivity (Wildman–Crippen MR) is 104 cm³/mol. The standard InChI is InChI=1S/C22H28N2O/c1-3-19-9-11-20(12-10-19)13-14-22(25)23-15-16-24(18(2)17-23)21-7-5-4-6-8-21/h4-12,18H,3,13-17H2,1-2H3. The van der Waals surface area contributed by atoms with Gasteiger partial charge in [-0.2, -0.15) is 0 Å². The van der Waals surface area contributed by atoms with Crippen molar-refractivity contribution in [3.63, 3.8) is 0 Å². The van der Waals surface area contributed by atoms with Crippen molar-refractivity contribution in [3.8, 4) is 0 Å². The van der Waals surface area contributed by atoms with Crippen LogP contribution in [-0.2, 0) is 17.6 Å². The molecule has 1 heterocycles. The lowest BCUT2D eigenvalue weighted by molar-refractivity contribution is -0.131. The first-order valence-corrected chi connectivity index (χ1v) is 9.34. The maximum absolute atomic E-state index is 12.6. The fourth-order valence-electron chi connectivity index (χ4n) is 3.54. The second-order valence-corrected chi connectivity index (χ2v) is 6.89. The van der Waals surface area contributed by atoms with Crippen LogP contribution in [0, 0.1) is 0 Å². The Bertz CT molecular complexity index is 681. The van der Waals surface area contributed by atoms with Gasteiger partial charge in [-0.15, -0.1) is 0 Å². The minimum absolute atomic E-state index is 0.277. The molecule has 2 aromatic rings. The van der Waals surface area contributed by atoms with Crippen molar-refractivity contribution < 1.29 is 4.79 Å². The van der Waals surface area contributed by atoms with Gasteiger partial charge in [0, 0.05) is 37.8 Å². The molecule has 0 spiro atoms. The van der Waals surface area contributed by atoms with Crippen LogP contribution >= 0.6 is 0 Å². The van der Waals surface area contributed by atoms with Crippen LogP contribution in [0.5, 0.6) is 0 Å². The molecule has 2 aromatic carbocycles. The first-order chi connectivity index (χ1) is 12.2. The summed E-state index contributed by atoms with van der Waals surface area (Å²) < 4.78 is 0. The Kier molecular flexibility index (Phi) is 5.75. The SMILES string of the molecule is CCc1ccc(CCC(=O)N2CCN(c3ccccc3)C(C)C2)cc1. The highest BCUT2D eigenvalue weighted by Crippen LogP contribution is 2.20. The Morgan fingerprint density at radius 1 is 1.00 bits per heavy atom. The van der Waals surface area contributed by atoms with Gasteiger partial charge in [0.25, 0.3) is 0 Å². The maximum atomic E-state index is 12.6. The fourth-order valence-corrected chi connectivity index (χ4v) is 3.54. The highest BCUT2D eigenvalue weighted by Gasteiger charge is 2.26. The van der Waals surface area contributed by atoms with E-state index in [9.17, 15) is 4.79 Å². The molecule has 1 unspecified atom stereocenters. The number of nitrogens with zero attached hydrogens (tertiary/aromatic N) is 2. The summed E-state index contributed by atoms with van der Waals surface area (Å²) in [4.78, 5) is 17.0. The van der Waals surface area contributed by atoms with Crippen LogP contribution in [0.25, 0.3) is 0 Å². The number of benzene rings is 2.